The molecule has 0 amide bonds. The second-order valence-electron chi connectivity index (χ2n) is 13.5. The van der Waals surface area contributed by atoms with Crippen molar-refractivity contribution in [3.05, 3.63) is 0 Å². The van der Waals surface area contributed by atoms with E-state index >= 15 is 0 Å². The molecule has 4 bridgehead atoms. The molecule has 0 aliphatic heterocycles. The normalized spacial score (nSPS) is 45.8. The highest BCUT2D eigenvalue weighted by Gasteiger charge is 2.73. The second-order valence-corrected chi connectivity index (χ2v) is 13.5. The maximum Gasteiger partial charge on any atom is -0.0233 e. The van der Waals surface area contributed by atoms with Crippen molar-refractivity contribution in [3.63, 3.8) is 0 Å². The molecule has 0 N–H and O–H groups in total. The summed E-state index contributed by atoms with van der Waals surface area (Å²) in [6.07, 6.45) is 10.3. The predicted molar refractivity (Wildman–Crippen MR) is 106 cm³/mol. The van der Waals surface area contributed by atoms with E-state index in [9.17, 15) is 0 Å². The Hall–Kier alpha value is 0. The van der Waals surface area contributed by atoms with Crippen molar-refractivity contribution in [3.8, 4) is 0 Å². The number of hydrogen-bond acceptors (Lipinski definition) is 0. The zero-order valence-electron chi connectivity index (χ0n) is 18.4. The standard InChI is InChI=1S/C24H44/c1-11-21-12-22(18(2,3)4)15-23(13-21,19(5,6)7)17-24(14-21,16-22)20(8,9)10/h11-17H2,1-10H3. The average Bonchev–Trinajstić information content (AvgIpc) is 2.33. The Labute approximate surface area is 152 Å². The molecule has 0 radical (unpaired) electrons. The highest BCUT2D eigenvalue weighted by molar-refractivity contribution is 5.22. The van der Waals surface area contributed by atoms with Crippen LogP contribution >= 0.6 is 0 Å². The van der Waals surface area contributed by atoms with Crippen LogP contribution in [0.15, 0.2) is 0 Å². The van der Waals surface area contributed by atoms with E-state index < -0.39 is 0 Å². The monoisotopic (exact) mass is 332 g/mol. The molecule has 0 heterocycles. The van der Waals surface area contributed by atoms with Crippen molar-refractivity contribution < 1.29 is 0 Å². The summed E-state index contributed by atoms with van der Waals surface area (Å²) in [5.41, 5.74) is 3.47. The van der Waals surface area contributed by atoms with E-state index in [1.165, 1.54) is 44.9 Å². The fourth-order valence-corrected chi connectivity index (χ4v) is 7.61. The summed E-state index contributed by atoms with van der Waals surface area (Å²) < 4.78 is 0. The van der Waals surface area contributed by atoms with Gasteiger partial charge >= 0.3 is 0 Å². The van der Waals surface area contributed by atoms with Gasteiger partial charge in [0.1, 0.15) is 0 Å². The first-order chi connectivity index (χ1) is 10.6. The molecular formula is C24H44. The van der Waals surface area contributed by atoms with E-state index in [1.807, 2.05) is 0 Å². The fourth-order valence-electron chi connectivity index (χ4n) is 7.61. The van der Waals surface area contributed by atoms with Gasteiger partial charge in [-0.3, -0.25) is 0 Å². The van der Waals surface area contributed by atoms with Gasteiger partial charge in [0.15, 0.2) is 0 Å². The van der Waals surface area contributed by atoms with E-state index in [0.717, 1.165) is 0 Å². The van der Waals surface area contributed by atoms with Crippen LogP contribution in [0.4, 0.5) is 0 Å². The Morgan fingerprint density at radius 3 is 0.917 bits per heavy atom. The molecule has 0 nitrogen and oxygen atoms in total. The lowest BCUT2D eigenvalue weighted by Gasteiger charge is -2.78. The van der Waals surface area contributed by atoms with E-state index in [2.05, 4.69) is 69.2 Å². The first-order valence-corrected chi connectivity index (χ1v) is 10.6. The molecule has 4 aliphatic carbocycles. The van der Waals surface area contributed by atoms with Crippen LogP contribution in [-0.4, -0.2) is 0 Å². The van der Waals surface area contributed by atoms with Gasteiger partial charge in [0.25, 0.3) is 0 Å². The molecule has 4 aliphatic rings. The van der Waals surface area contributed by atoms with Gasteiger partial charge in [-0.25, -0.2) is 0 Å². The van der Waals surface area contributed by atoms with Crippen molar-refractivity contribution in [2.45, 2.75) is 114 Å². The smallest absolute Gasteiger partial charge is 0.0233 e. The molecule has 0 aromatic rings. The number of hydrogen-bond donors (Lipinski definition) is 0. The summed E-state index contributed by atoms with van der Waals surface area (Å²) in [6, 6.07) is 0. The van der Waals surface area contributed by atoms with E-state index in [4.69, 9.17) is 0 Å². The van der Waals surface area contributed by atoms with E-state index in [-0.39, 0.29) is 0 Å². The molecule has 4 saturated carbocycles. The Morgan fingerprint density at radius 2 is 0.750 bits per heavy atom. The van der Waals surface area contributed by atoms with E-state index in [1.54, 1.807) is 0 Å². The summed E-state index contributed by atoms with van der Waals surface area (Å²) in [4.78, 5) is 0. The number of rotatable bonds is 1. The summed E-state index contributed by atoms with van der Waals surface area (Å²) in [7, 11) is 0. The zero-order chi connectivity index (χ0) is 18.4. The van der Waals surface area contributed by atoms with Gasteiger partial charge in [0.2, 0.25) is 0 Å². The SMILES string of the molecule is CCC12CC3(C(C)(C)C)CC(C(C)(C)C)(C1)CC(C(C)(C)C)(C2)C3. The lowest BCUT2D eigenvalue weighted by atomic mass is 9.27. The lowest BCUT2D eigenvalue weighted by Crippen LogP contribution is -2.69. The molecular weight excluding hydrogens is 288 g/mol. The van der Waals surface area contributed by atoms with Gasteiger partial charge in [0, 0.05) is 0 Å². The van der Waals surface area contributed by atoms with Gasteiger partial charge in [-0.2, -0.15) is 0 Å². The average molecular weight is 333 g/mol. The third-order valence-corrected chi connectivity index (χ3v) is 9.69. The van der Waals surface area contributed by atoms with Crippen molar-refractivity contribution in [2.75, 3.05) is 0 Å². The minimum absolute atomic E-state index is 0.418. The van der Waals surface area contributed by atoms with Crippen LogP contribution in [0.1, 0.15) is 114 Å². The summed E-state index contributed by atoms with van der Waals surface area (Å²) in [6.45, 7) is 25.5. The van der Waals surface area contributed by atoms with Gasteiger partial charge in [-0.05, 0) is 76.4 Å². The Morgan fingerprint density at radius 1 is 0.500 bits per heavy atom. The zero-order valence-corrected chi connectivity index (χ0v) is 18.4. The van der Waals surface area contributed by atoms with Crippen LogP contribution in [0.2, 0.25) is 0 Å². The molecule has 0 atom stereocenters. The molecule has 0 aromatic carbocycles. The van der Waals surface area contributed by atoms with E-state index in [0.29, 0.717) is 37.9 Å². The van der Waals surface area contributed by atoms with Crippen LogP contribution in [0.25, 0.3) is 0 Å². The van der Waals surface area contributed by atoms with Crippen molar-refractivity contribution >= 4 is 0 Å². The highest BCUT2D eigenvalue weighted by Crippen LogP contribution is 2.82. The Kier molecular flexibility index (Phi) is 3.63. The third-order valence-electron chi connectivity index (χ3n) is 9.69. The summed E-state index contributed by atoms with van der Waals surface area (Å²) in [5.74, 6) is 0. The van der Waals surface area contributed by atoms with Gasteiger partial charge in [-0.15, -0.1) is 0 Å². The molecule has 0 heteroatoms. The van der Waals surface area contributed by atoms with Gasteiger partial charge in [0.05, 0.1) is 0 Å². The molecule has 0 spiro atoms. The molecule has 24 heavy (non-hydrogen) atoms. The third kappa shape index (κ3) is 2.23. The second kappa shape index (κ2) is 4.64. The van der Waals surface area contributed by atoms with Gasteiger partial charge < -0.3 is 0 Å². The molecule has 0 saturated heterocycles. The first-order valence-electron chi connectivity index (χ1n) is 10.6. The van der Waals surface area contributed by atoms with Gasteiger partial charge in [-0.1, -0.05) is 75.7 Å². The predicted octanol–water partition coefficient (Wildman–Crippen LogP) is 7.86. The molecule has 0 aromatic heterocycles. The lowest BCUT2D eigenvalue weighted by molar-refractivity contribution is -0.283. The minimum atomic E-state index is 0.418. The van der Waals surface area contributed by atoms with Crippen LogP contribution in [0, 0.1) is 37.9 Å². The van der Waals surface area contributed by atoms with Crippen molar-refractivity contribution in [1.29, 1.82) is 0 Å². The first kappa shape index (κ1) is 18.8. The maximum atomic E-state index is 2.55. The topological polar surface area (TPSA) is 0 Å². The van der Waals surface area contributed by atoms with Crippen LogP contribution in [0.5, 0.6) is 0 Å². The Bertz CT molecular complexity index is 434. The Balaban J connectivity index is 2.26. The molecule has 4 fully saturated rings. The maximum absolute atomic E-state index is 2.55. The van der Waals surface area contributed by atoms with Crippen molar-refractivity contribution in [1.82, 2.24) is 0 Å². The fraction of sp³-hybridized carbons (Fsp3) is 1.00. The molecule has 140 valence electrons. The van der Waals surface area contributed by atoms with Crippen LogP contribution < -0.4 is 0 Å². The quantitative estimate of drug-likeness (QED) is 0.458. The molecule has 4 rings (SSSR count). The summed E-state index contributed by atoms with van der Waals surface area (Å²) >= 11 is 0. The van der Waals surface area contributed by atoms with Crippen LogP contribution in [0.3, 0.4) is 0 Å². The largest absolute Gasteiger partial charge is 0.0649 e. The molecule has 0 unspecified atom stereocenters. The summed E-state index contributed by atoms with van der Waals surface area (Å²) in [5, 5.41) is 0. The minimum Gasteiger partial charge on any atom is -0.0649 e. The van der Waals surface area contributed by atoms with Crippen LogP contribution in [-0.2, 0) is 0 Å². The highest BCUT2D eigenvalue weighted by atomic mass is 14.8. The van der Waals surface area contributed by atoms with Crippen molar-refractivity contribution in [2.24, 2.45) is 37.9 Å².